The summed E-state index contributed by atoms with van der Waals surface area (Å²) in [6.45, 7) is 1.99. The molecule has 0 aliphatic carbocycles. The number of nitrogens with zero attached hydrogens (tertiary/aromatic N) is 3. The number of aromatic nitrogens is 3. The van der Waals surface area contributed by atoms with Crippen LogP contribution in [0.5, 0.6) is 0 Å². The number of halogens is 3. The van der Waals surface area contributed by atoms with Crippen LogP contribution >= 0.6 is 67.8 Å². The van der Waals surface area contributed by atoms with Crippen molar-refractivity contribution in [2.75, 3.05) is 0 Å². The molecule has 0 atom stereocenters. The lowest BCUT2D eigenvalue weighted by atomic mass is 10.5. The lowest BCUT2D eigenvalue weighted by Crippen LogP contribution is -1.95. The van der Waals surface area contributed by atoms with Crippen molar-refractivity contribution >= 4 is 73.4 Å². The summed E-state index contributed by atoms with van der Waals surface area (Å²) in [5.41, 5.74) is 1.96. The van der Waals surface area contributed by atoms with E-state index < -0.39 is 0 Å². The van der Waals surface area contributed by atoms with Crippen LogP contribution in [0.25, 0.3) is 5.65 Å². The molecule has 2 aromatic heterocycles. The maximum absolute atomic E-state index is 4.43. The minimum Gasteiger partial charge on any atom is -0.290 e. The molecule has 0 bridgehead atoms. The van der Waals surface area contributed by atoms with Crippen LogP contribution in [0.2, 0.25) is 0 Å². The SMILES string of the molecule is Cc1cn2c(I)c(I)nc2c(I)n1. The highest BCUT2D eigenvalue weighted by Crippen LogP contribution is 2.19. The molecule has 0 aliphatic heterocycles. The molecule has 0 fully saturated rings. The second kappa shape index (κ2) is 3.76. The fraction of sp³-hybridized carbons (Fsp3) is 0.143. The molecule has 0 N–H and O–H groups in total. The third-order valence-electron chi connectivity index (χ3n) is 1.59. The Hall–Kier alpha value is 0.810. The average molecular weight is 511 g/mol. The first-order valence-electron chi connectivity index (χ1n) is 3.46. The Kier molecular flexibility index (Phi) is 2.99. The van der Waals surface area contributed by atoms with E-state index in [1.807, 2.05) is 13.1 Å². The summed E-state index contributed by atoms with van der Waals surface area (Å²) in [6, 6.07) is 0. The molecule has 0 radical (unpaired) electrons. The lowest BCUT2D eigenvalue weighted by Gasteiger charge is -1.98. The zero-order valence-electron chi connectivity index (χ0n) is 6.55. The van der Waals surface area contributed by atoms with Crippen LogP contribution in [0.1, 0.15) is 5.69 Å². The molecule has 0 saturated carbocycles. The van der Waals surface area contributed by atoms with E-state index >= 15 is 0 Å². The van der Waals surface area contributed by atoms with Gasteiger partial charge in [-0.1, -0.05) is 0 Å². The van der Waals surface area contributed by atoms with Crippen molar-refractivity contribution in [3.63, 3.8) is 0 Å². The molecule has 0 spiro atoms. The van der Waals surface area contributed by atoms with Gasteiger partial charge in [-0.2, -0.15) is 0 Å². The summed E-state index contributed by atoms with van der Waals surface area (Å²) in [5, 5.41) is 0. The molecule has 13 heavy (non-hydrogen) atoms. The molecule has 2 aromatic rings. The van der Waals surface area contributed by atoms with E-state index in [-0.39, 0.29) is 0 Å². The molecular formula is C7H4I3N3. The Labute approximate surface area is 116 Å². The number of rotatable bonds is 0. The highest BCUT2D eigenvalue weighted by molar-refractivity contribution is 14.1. The van der Waals surface area contributed by atoms with Crippen molar-refractivity contribution in [2.24, 2.45) is 0 Å². The van der Waals surface area contributed by atoms with Crippen LogP contribution in [-0.2, 0) is 0 Å². The van der Waals surface area contributed by atoms with E-state index in [2.05, 4.69) is 82.1 Å². The van der Waals surface area contributed by atoms with E-state index in [9.17, 15) is 0 Å². The van der Waals surface area contributed by atoms with Crippen LogP contribution in [0.4, 0.5) is 0 Å². The summed E-state index contributed by atoms with van der Waals surface area (Å²) < 4.78 is 5.21. The zero-order valence-corrected chi connectivity index (χ0v) is 13.0. The molecule has 0 saturated heterocycles. The Balaban J connectivity index is 2.94. The number of hydrogen-bond donors (Lipinski definition) is 0. The first-order valence-corrected chi connectivity index (χ1v) is 6.69. The number of imidazole rings is 1. The third kappa shape index (κ3) is 1.80. The van der Waals surface area contributed by atoms with Gasteiger partial charge in [-0.3, -0.25) is 4.40 Å². The molecule has 3 nitrogen and oxygen atoms in total. The second-order valence-electron chi connectivity index (χ2n) is 2.56. The number of hydrogen-bond acceptors (Lipinski definition) is 2. The van der Waals surface area contributed by atoms with Gasteiger partial charge in [-0.25, -0.2) is 9.97 Å². The third-order valence-corrected chi connectivity index (χ3v) is 5.13. The van der Waals surface area contributed by atoms with E-state index in [1.54, 1.807) is 0 Å². The Bertz CT molecular complexity index is 477. The molecule has 0 unspecified atom stereocenters. The first kappa shape index (κ1) is 10.3. The van der Waals surface area contributed by atoms with Gasteiger partial charge in [0.15, 0.2) is 5.65 Å². The van der Waals surface area contributed by atoms with Gasteiger partial charge in [0.25, 0.3) is 0 Å². The van der Waals surface area contributed by atoms with Gasteiger partial charge in [-0.05, 0) is 74.7 Å². The lowest BCUT2D eigenvalue weighted by molar-refractivity contribution is 1.03. The van der Waals surface area contributed by atoms with Gasteiger partial charge in [0.2, 0.25) is 0 Å². The molecule has 6 heteroatoms. The monoisotopic (exact) mass is 511 g/mol. The minimum absolute atomic E-state index is 0.944. The smallest absolute Gasteiger partial charge is 0.171 e. The summed E-state index contributed by atoms with van der Waals surface area (Å²) in [7, 11) is 0. The van der Waals surface area contributed by atoms with Gasteiger partial charge >= 0.3 is 0 Å². The van der Waals surface area contributed by atoms with Gasteiger partial charge in [-0.15, -0.1) is 0 Å². The standard InChI is InChI=1S/C7H4I3N3/c1-3-2-13-6(10)4(8)12-7(13)5(9)11-3/h2H,1H3. The molecule has 2 heterocycles. The van der Waals surface area contributed by atoms with Crippen molar-refractivity contribution in [1.82, 2.24) is 14.4 Å². The van der Waals surface area contributed by atoms with Crippen LogP contribution in [0, 0.1) is 18.0 Å². The van der Waals surface area contributed by atoms with Gasteiger partial charge < -0.3 is 0 Å². The fourth-order valence-electron chi connectivity index (χ4n) is 1.07. The molecular weight excluding hydrogens is 507 g/mol. The predicted molar refractivity (Wildman–Crippen MR) is 75.9 cm³/mol. The summed E-state index contributed by atoms with van der Waals surface area (Å²) in [5.74, 6) is 0. The molecule has 68 valence electrons. The Morgan fingerprint density at radius 2 is 1.85 bits per heavy atom. The largest absolute Gasteiger partial charge is 0.290 e. The highest BCUT2D eigenvalue weighted by Gasteiger charge is 2.10. The predicted octanol–water partition coefficient (Wildman–Crippen LogP) is 2.85. The van der Waals surface area contributed by atoms with Crippen LogP contribution < -0.4 is 0 Å². The maximum atomic E-state index is 4.43. The molecule has 0 aromatic carbocycles. The minimum atomic E-state index is 0.944. The Morgan fingerprint density at radius 3 is 2.54 bits per heavy atom. The highest BCUT2D eigenvalue weighted by atomic mass is 127. The summed E-state index contributed by atoms with van der Waals surface area (Å²) >= 11 is 6.74. The number of aryl methyl sites for hydroxylation is 1. The van der Waals surface area contributed by atoms with Gasteiger partial charge in [0.1, 0.15) is 11.1 Å². The van der Waals surface area contributed by atoms with Crippen molar-refractivity contribution in [2.45, 2.75) is 6.92 Å². The molecule has 0 amide bonds. The Morgan fingerprint density at radius 1 is 1.15 bits per heavy atom. The zero-order chi connectivity index (χ0) is 9.59. The summed E-state index contributed by atoms with van der Waals surface area (Å²) in [4.78, 5) is 8.78. The molecule has 0 aliphatic rings. The van der Waals surface area contributed by atoms with E-state index in [1.165, 1.54) is 0 Å². The first-order chi connectivity index (χ1) is 6.09. The van der Waals surface area contributed by atoms with E-state index in [0.717, 1.165) is 22.4 Å². The van der Waals surface area contributed by atoms with Crippen LogP contribution in [0.3, 0.4) is 0 Å². The van der Waals surface area contributed by atoms with Crippen molar-refractivity contribution in [3.05, 3.63) is 23.0 Å². The topological polar surface area (TPSA) is 30.2 Å². The van der Waals surface area contributed by atoms with Gasteiger partial charge in [0.05, 0.1) is 5.69 Å². The average Bonchev–Trinajstić information content (AvgIpc) is 2.32. The van der Waals surface area contributed by atoms with Crippen molar-refractivity contribution in [3.8, 4) is 0 Å². The second-order valence-corrected chi connectivity index (χ2v) is 5.63. The van der Waals surface area contributed by atoms with E-state index in [0.29, 0.717) is 0 Å². The summed E-state index contributed by atoms with van der Waals surface area (Å²) in [6.07, 6.45) is 2.01. The molecule has 2 rings (SSSR count). The van der Waals surface area contributed by atoms with Crippen molar-refractivity contribution in [1.29, 1.82) is 0 Å². The quantitative estimate of drug-likeness (QED) is 0.510. The fourth-order valence-corrected chi connectivity index (χ4v) is 2.81. The number of fused-ring (bicyclic) bond motifs is 1. The van der Waals surface area contributed by atoms with Crippen LogP contribution in [0.15, 0.2) is 6.20 Å². The van der Waals surface area contributed by atoms with Gasteiger partial charge in [0, 0.05) is 6.20 Å². The maximum Gasteiger partial charge on any atom is 0.171 e. The normalized spacial score (nSPS) is 11.1. The van der Waals surface area contributed by atoms with Crippen molar-refractivity contribution < 1.29 is 0 Å². The van der Waals surface area contributed by atoms with E-state index in [4.69, 9.17) is 0 Å². The van der Waals surface area contributed by atoms with Crippen LogP contribution in [-0.4, -0.2) is 14.4 Å².